The van der Waals surface area contributed by atoms with Crippen molar-refractivity contribution in [2.75, 3.05) is 18.4 Å². The van der Waals surface area contributed by atoms with Gasteiger partial charge in [0.1, 0.15) is 17.3 Å². The second-order valence-corrected chi connectivity index (χ2v) is 9.71. The van der Waals surface area contributed by atoms with E-state index >= 15 is 0 Å². The van der Waals surface area contributed by atoms with Gasteiger partial charge in [-0.15, -0.1) is 0 Å². The van der Waals surface area contributed by atoms with Crippen LogP contribution in [-0.4, -0.2) is 41.4 Å². The molecule has 3 N–H and O–H groups in total. The second kappa shape index (κ2) is 10.3. The van der Waals surface area contributed by atoms with E-state index in [0.717, 1.165) is 22.4 Å². The molecule has 176 valence electrons. The molecule has 10 heteroatoms. The van der Waals surface area contributed by atoms with Gasteiger partial charge in [0.05, 0.1) is 4.90 Å². The number of benzene rings is 2. The number of pyridine rings is 1. The highest BCUT2D eigenvalue weighted by atomic mass is 35.5. The normalized spacial score (nSPS) is 11.5. The lowest BCUT2D eigenvalue weighted by Gasteiger charge is -2.10. The molecule has 0 unspecified atom stereocenters. The van der Waals surface area contributed by atoms with Crippen molar-refractivity contribution in [1.29, 1.82) is 0 Å². The molecule has 34 heavy (non-hydrogen) atoms. The number of sulfonamides is 1. The van der Waals surface area contributed by atoms with E-state index in [1.165, 1.54) is 24.3 Å². The lowest BCUT2D eigenvalue weighted by molar-refractivity contribution is 0.475. The van der Waals surface area contributed by atoms with Crippen LogP contribution in [0.4, 0.5) is 5.82 Å². The molecule has 0 atom stereocenters. The van der Waals surface area contributed by atoms with Crippen LogP contribution in [0.25, 0.3) is 22.4 Å². The summed E-state index contributed by atoms with van der Waals surface area (Å²) in [6.45, 7) is 3.24. The molecular weight excluding hydrogens is 474 g/mol. The van der Waals surface area contributed by atoms with Gasteiger partial charge < -0.3 is 10.4 Å². The molecule has 2 heterocycles. The van der Waals surface area contributed by atoms with E-state index in [2.05, 4.69) is 20.1 Å². The van der Waals surface area contributed by atoms with Crippen LogP contribution in [0.15, 0.2) is 78.0 Å². The van der Waals surface area contributed by atoms with Gasteiger partial charge in [-0.25, -0.2) is 18.1 Å². The third-order valence-corrected chi connectivity index (χ3v) is 6.85. The van der Waals surface area contributed by atoms with Crippen molar-refractivity contribution in [3.05, 3.63) is 78.1 Å². The third kappa shape index (κ3) is 5.56. The summed E-state index contributed by atoms with van der Waals surface area (Å²) in [6.07, 6.45) is 3.64. The van der Waals surface area contributed by atoms with Crippen molar-refractivity contribution < 1.29 is 13.5 Å². The molecule has 0 spiro atoms. The molecule has 0 saturated carbocycles. The lowest BCUT2D eigenvalue weighted by Crippen LogP contribution is -2.29. The molecule has 0 bridgehead atoms. The van der Waals surface area contributed by atoms with Crippen LogP contribution in [-0.2, 0) is 16.6 Å². The fourth-order valence-corrected chi connectivity index (χ4v) is 4.59. The van der Waals surface area contributed by atoms with Gasteiger partial charge in [0.2, 0.25) is 10.0 Å². The van der Waals surface area contributed by atoms with Crippen LogP contribution >= 0.6 is 11.6 Å². The van der Waals surface area contributed by atoms with Crippen molar-refractivity contribution in [1.82, 2.24) is 19.5 Å². The van der Waals surface area contributed by atoms with E-state index in [-0.39, 0.29) is 17.2 Å². The van der Waals surface area contributed by atoms with E-state index in [0.29, 0.717) is 23.9 Å². The Morgan fingerprint density at radius 3 is 2.56 bits per heavy atom. The van der Waals surface area contributed by atoms with E-state index in [1.54, 1.807) is 24.4 Å². The molecule has 0 amide bonds. The molecule has 4 rings (SSSR count). The van der Waals surface area contributed by atoms with Gasteiger partial charge in [-0.2, -0.15) is 5.10 Å². The molecule has 0 radical (unpaired) electrons. The summed E-state index contributed by atoms with van der Waals surface area (Å²) in [5.41, 5.74) is 3.37. The Balaban J connectivity index is 1.47. The molecule has 2 aromatic carbocycles. The number of halogens is 1. The summed E-state index contributed by atoms with van der Waals surface area (Å²) >= 11 is 5.83. The zero-order valence-corrected chi connectivity index (χ0v) is 20.0. The maximum absolute atomic E-state index is 12.4. The number of phenolic OH excluding ortho intramolecular Hbond substituents is 1. The molecule has 2 aromatic heterocycles. The molecule has 4 aromatic rings. The number of rotatable bonds is 9. The smallest absolute Gasteiger partial charge is 0.240 e. The first kappa shape index (κ1) is 23.7. The van der Waals surface area contributed by atoms with E-state index in [4.69, 9.17) is 11.6 Å². The maximum atomic E-state index is 12.4. The Hall–Kier alpha value is -3.40. The highest BCUT2D eigenvalue weighted by Gasteiger charge is 2.15. The van der Waals surface area contributed by atoms with Gasteiger partial charge in [0.25, 0.3) is 0 Å². The Morgan fingerprint density at radius 1 is 1.03 bits per heavy atom. The fourth-order valence-electron chi connectivity index (χ4n) is 3.43. The number of hydrogen-bond acceptors (Lipinski definition) is 6. The Bertz CT molecular complexity index is 1390. The highest BCUT2D eigenvalue weighted by molar-refractivity contribution is 7.89. The first-order valence-electron chi connectivity index (χ1n) is 10.7. The van der Waals surface area contributed by atoms with Gasteiger partial charge in [-0.05, 0) is 61.0 Å². The number of anilines is 1. The first-order valence-corrected chi connectivity index (χ1v) is 12.5. The SMILES string of the molecule is CCn1cc(-c2ccnc(NCCNS(=O)(=O)c3ccc(Cl)cc3)c2)c(-c2cccc(O)c2)n1. The van der Waals surface area contributed by atoms with Gasteiger partial charge in [-0.3, -0.25) is 4.68 Å². The van der Waals surface area contributed by atoms with Crippen molar-refractivity contribution in [3.63, 3.8) is 0 Å². The van der Waals surface area contributed by atoms with Gasteiger partial charge in [0.15, 0.2) is 0 Å². The minimum Gasteiger partial charge on any atom is -0.508 e. The van der Waals surface area contributed by atoms with Gasteiger partial charge in [0, 0.05) is 48.2 Å². The summed E-state index contributed by atoms with van der Waals surface area (Å²) in [7, 11) is -3.62. The molecule has 0 aliphatic rings. The molecule has 0 fully saturated rings. The number of phenols is 1. The fraction of sp³-hybridized carbons (Fsp3) is 0.167. The molecule has 0 aliphatic carbocycles. The van der Waals surface area contributed by atoms with E-state index < -0.39 is 10.0 Å². The van der Waals surface area contributed by atoms with Crippen LogP contribution in [0.1, 0.15) is 6.92 Å². The third-order valence-electron chi connectivity index (χ3n) is 5.12. The lowest BCUT2D eigenvalue weighted by atomic mass is 10.0. The molecule has 8 nitrogen and oxygen atoms in total. The minimum atomic E-state index is -3.62. The standard InChI is InChI=1S/C24H24ClN5O3S/c1-2-30-16-22(24(29-30)18-4-3-5-20(31)14-18)17-10-11-26-23(15-17)27-12-13-28-34(32,33)21-8-6-19(25)7-9-21/h3-11,14-16,28,31H,2,12-13H2,1H3,(H,26,27). The van der Waals surface area contributed by atoms with Gasteiger partial charge >= 0.3 is 0 Å². The monoisotopic (exact) mass is 497 g/mol. The van der Waals surface area contributed by atoms with Crippen molar-refractivity contribution in [3.8, 4) is 28.1 Å². The van der Waals surface area contributed by atoms with Crippen molar-refractivity contribution in [2.45, 2.75) is 18.4 Å². The number of aromatic nitrogens is 3. The Morgan fingerprint density at radius 2 is 1.82 bits per heavy atom. The number of hydrogen-bond donors (Lipinski definition) is 3. The first-order chi connectivity index (χ1) is 16.4. The zero-order chi connectivity index (χ0) is 24.1. The van der Waals surface area contributed by atoms with E-state index in [1.807, 2.05) is 36.0 Å². The topological polar surface area (TPSA) is 109 Å². The minimum absolute atomic E-state index is 0.157. The summed E-state index contributed by atoms with van der Waals surface area (Å²) in [5, 5.41) is 18.2. The zero-order valence-electron chi connectivity index (χ0n) is 18.4. The molecule has 0 saturated heterocycles. The highest BCUT2D eigenvalue weighted by Crippen LogP contribution is 2.33. The number of nitrogens with one attached hydrogen (secondary N) is 2. The Labute approximate surface area is 203 Å². The second-order valence-electron chi connectivity index (χ2n) is 7.51. The van der Waals surface area contributed by atoms with Gasteiger partial charge in [-0.1, -0.05) is 23.7 Å². The van der Waals surface area contributed by atoms with Crippen LogP contribution in [0.3, 0.4) is 0 Å². The molecular formula is C24H24ClN5O3S. The summed E-state index contributed by atoms with van der Waals surface area (Å²) in [5.74, 6) is 0.780. The van der Waals surface area contributed by atoms with E-state index in [9.17, 15) is 13.5 Å². The predicted octanol–water partition coefficient (Wildman–Crippen LogP) is 4.38. The average molecular weight is 498 g/mol. The summed E-state index contributed by atoms with van der Waals surface area (Å²) in [6, 6.07) is 16.8. The Kier molecular flexibility index (Phi) is 7.16. The van der Waals surface area contributed by atoms with Crippen molar-refractivity contribution >= 4 is 27.4 Å². The average Bonchev–Trinajstić information content (AvgIpc) is 3.27. The quantitative estimate of drug-likeness (QED) is 0.296. The maximum Gasteiger partial charge on any atom is 0.240 e. The van der Waals surface area contributed by atoms with Crippen LogP contribution in [0.5, 0.6) is 5.75 Å². The van der Waals surface area contributed by atoms with Crippen LogP contribution in [0.2, 0.25) is 5.02 Å². The molecule has 0 aliphatic heterocycles. The largest absolute Gasteiger partial charge is 0.508 e. The predicted molar refractivity (Wildman–Crippen MR) is 133 cm³/mol. The summed E-state index contributed by atoms with van der Waals surface area (Å²) in [4.78, 5) is 4.50. The van der Waals surface area contributed by atoms with Crippen molar-refractivity contribution in [2.24, 2.45) is 0 Å². The number of aromatic hydroxyl groups is 1. The summed E-state index contributed by atoms with van der Waals surface area (Å²) < 4.78 is 29.2. The van der Waals surface area contributed by atoms with Crippen LogP contribution < -0.4 is 10.0 Å². The number of aryl methyl sites for hydroxylation is 1. The number of nitrogens with zero attached hydrogens (tertiary/aromatic N) is 3. The van der Waals surface area contributed by atoms with Crippen LogP contribution in [0, 0.1) is 0 Å².